The van der Waals surface area contributed by atoms with Gasteiger partial charge in [0.05, 0.1) is 6.67 Å². The van der Waals surface area contributed by atoms with Crippen LogP contribution in [0.1, 0.15) is 16.9 Å². The summed E-state index contributed by atoms with van der Waals surface area (Å²) in [6.45, 7) is 4.50. The van der Waals surface area contributed by atoms with Gasteiger partial charge in [-0.1, -0.05) is 36.4 Å². The van der Waals surface area contributed by atoms with Crippen molar-refractivity contribution in [2.24, 2.45) is 0 Å². The highest BCUT2D eigenvalue weighted by Gasteiger charge is 2.30. The second-order valence-corrected chi connectivity index (χ2v) is 8.20. The SMILES string of the molecule is CN1CN(Cc2ccccc2)CC2=C1CCN(C(=O)OCc1cccs1)C2. The topological polar surface area (TPSA) is 36.0 Å². The minimum absolute atomic E-state index is 0.210. The molecule has 0 saturated heterocycles. The molecular formula is C21H25N3O2S. The van der Waals surface area contributed by atoms with Gasteiger partial charge in [-0.05, 0) is 22.6 Å². The van der Waals surface area contributed by atoms with Gasteiger partial charge in [-0.25, -0.2) is 4.79 Å². The van der Waals surface area contributed by atoms with Crippen molar-refractivity contribution < 1.29 is 9.53 Å². The molecule has 0 aliphatic carbocycles. The number of ether oxygens (including phenoxy) is 1. The largest absolute Gasteiger partial charge is 0.444 e. The average Bonchev–Trinajstić information content (AvgIpc) is 3.20. The Morgan fingerprint density at radius 3 is 2.78 bits per heavy atom. The Kier molecular flexibility index (Phi) is 5.45. The van der Waals surface area contributed by atoms with E-state index in [9.17, 15) is 4.79 Å². The fourth-order valence-corrected chi connectivity index (χ4v) is 4.46. The third-order valence-electron chi connectivity index (χ3n) is 5.12. The van der Waals surface area contributed by atoms with E-state index in [4.69, 9.17) is 4.74 Å². The molecule has 2 aliphatic rings. The summed E-state index contributed by atoms with van der Waals surface area (Å²) in [5.41, 5.74) is 4.04. The van der Waals surface area contributed by atoms with Crippen LogP contribution in [0.2, 0.25) is 0 Å². The van der Waals surface area contributed by atoms with Crippen LogP contribution in [-0.4, -0.2) is 54.1 Å². The molecule has 1 amide bonds. The number of rotatable bonds is 4. The van der Waals surface area contributed by atoms with Crippen molar-refractivity contribution in [2.75, 3.05) is 33.4 Å². The van der Waals surface area contributed by atoms with E-state index in [1.54, 1.807) is 11.3 Å². The molecule has 0 saturated carbocycles. The minimum atomic E-state index is -0.210. The van der Waals surface area contributed by atoms with Crippen LogP contribution in [0.15, 0.2) is 59.1 Å². The molecule has 1 aromatic heterocycles. The summed E-state index contributed by atoms with van der Waals surface area (Å²) >= 11 is 1.61. The van der Waals surface area contributed by atoms with Crippen LogP contribution in [0.25, 0.3) is 0 Å². The Balaban J connectivity index is 1.37. The van der Waals surface area contributed by atoms with Gasteiger partial charge in [0.1, 0.15) is 6.61 Å². The molecule has 27 heavy (non-hydrogen) atoms. The van der Waals surface area contributed by atoms with Gasteiger partial charge in [0.15, 0.2) is 0 Å². The van der Waals surface area contributed by atoms with Gasteiger partial charge in [0, 0.05) is 50.2 Å². The molecule has 0 unspecified atom stereocenters. The Morgan fingerprint density at radius 2 is 2.00 bits per heavy atom. The Labute approximate surface area is 164 Å². The molecule has 6 heteroatoms. The van der Waals surface area contributed by atoms with E-state index in [1.165, 1.54) is 16.8 Å². The Bertz CT molecular complexity index is 804. The van der Waals surface area contributed by atoms with Crippen LogP contribution < -0.4 is 0 Å². The van der Waals surface area contributed by atoms with Crippen molar-refractivity contribution in [3.8, 4) is 0 Å². The molecule has 4 rings (SSSR count). The van der Waals surface area contributed by atoms with Crippen molar-refractivity contribution in [3.63, 3.8) is 0 Å². The maximum absolute atomic E-state index is 12.5. The number of hydrogen-bond acceptors (Lipinski definition) is 5. The fourth-order valence-electron chi connectivity index (χ4n) is 3.85. The first-order valence-corrected chi connectivity index (χ1v) is 10.2. The quantitative estimate of drug-likeness (QED) is 0.806. The highest BCUT2D eigenvalue weighted by Crippen LogP contribution is 2.27. The summed E-state index contributed by atoms with van der Waals surface area (Å²) in [5.74, 6) is 0. The molecule has 0 spiro atoms. The maximum Gasteiger partial charge on any atom is 0.410 e. The number of amides is 1. The van der Waals surface area contributed by atoms with Gasteiger partial charge in [0.2, 0.25) is 0 Å². The van der Waals surface area contributed by atoms with E-state index in [0.717, 1.165) is 37.6 Å². The molecular weight excluding hydrogens is 358 g/mol. The monoisotopic (exact) mass is 383 g/mol. The van der Waals surface area contributed by atoms with E-state index < -0.39 is 0 Å². The minimum Gasteiger partial charge on any atom is -0.444 e. The third kappa shape index (κ3) is 4.34. The van der Waals surface area contributed by atoms with Crippen LogP contribution in [0.3, 0.4) is 0 Å². The van der Waals surface area contributed by atoms with Crippen LogP contribution >= 0.6 is 11.3 Å². The van der Waals surface area contributed by atoms with Crippen LogP contribution in [-0.2, 0) is 17.9 Å². The lowest BCUT2D eigenvalue weighted by molar-refractivity contribution is 0.0878. The van der Waals surface area contributed by atoms with Crippen LogP contribution in [0.4, 0.5) is 4.79 Å². The molecule has 0 radical (unpaired) electrons. The first kappa shape index (κ1) is 18.1. The number of carbonyl (C=O) groups excluding carboxylic acids is 1. The zero-order valence-electron chi connectivity index (χ0n) is 15.6. The van der Waals surface area contributed by atoms with Gasteiger partial charge in [-0.15, -0.1) is 11.3 Å². The van der Waals surface area contributed by atoms with Gasteiger partial charge in [-0.3, -0.25) is 4.90 Å². The van der Waals surface area contributed by atoms with Crippen molar-refractivity contribution in [1.82, 2.24) is 14.7 Å². The second kappa shape index (κ2) is 8.15. The first-order valence-electron chi connectivity index (χ1n) is 9.31. The van der Waals surface area contributed by atoms with Crippen molar-refractivity contribution in [3.05, 3.63) is 69.6 Å². The van der Waals surface area contributed by atoms with E-state index >= 15 is 0 Å². The highest BCUT2D eigenvalue weighted by atomic mass is 32.1. The molecule has 1 aromatic carbocycles. The smallest absolute Gasteiger partial charge is 0.410 e. The number of hydrogen-bond donors (Lipinski definition) is 0. The second-order valence-electron chi connectivity index (χ2n) is 7.17. The summed E-state index contributed by atoms with van der Waals surface area (Å²) in [5, 5.41) is 2.00. The zero-order chi connectivity index (χ0) is 18.6. The normalized spacial score (nSPS) is 17.8. The lowest BCUT2D eigenvalue weighted by Crippen LogP contribution is -2.48. The number of carbonyl (C=O) groups is 1. The predicted octanol–water partition coefficient (Wildman–Crippen LogP) is 3.75. The van der Waals surface area contributed by atoms with Crippen molar-refractivity contribution in [2.45, 2.75) is 19.6 Å². The van der Waals surface area contributed by atoms with Crippen LogP contribution in [0.5, 0.6) is 0 Å². The lowest BCUT2D eigenvalue weighted by atomic mass is 10.0. The third-order valence-corrected chi connectivity index (χ3v) is 5.97. The molecule has 142 valence electrons. The van der Waals surface area contributed by atoms with E-state index in [-0.39, 0.29) is 6.09 Å². The lowest BCUT2D eigenvalue weighted by Gasteiger charge is -2.42. The summed E-state index contributed by atoms with van der Waals surface area (Å²) in [7, 11) is 2.15. The molecule has 0 N–H and O–H groups in total. The van der Waals surface area contributed by atoms with Crippen LogP contribution in [0, 0.1) is 0 Å². The van der Waals surface area contributed by atoms with Crippen molar-refractivity contribution in [1.29, 1.82) is 0 Å². The van der Waals surface area contributed by atoms with Gasteiger partial charge in [-0.2, -0.15) is 0 Å². The molecule has 2 aliphatic heterocycles. The zero-order valence-corrected chi connectivity index (χ0v) is 16.5. The van der Waals surface area contributed by atoms with E-state index in [0.29, 0.717) is 13.2 Å². The standard InChI is InChI=1S/C21H25N3O2S/c1-22-16-23(12-17-6-3-2-4-7-17)13-18-14-24(10-9-20(18)22)21(25)26-15-19-8-5-11-27-19/h2-8,11H,9-10,12-16H2,1H3. The number of thiophene rings is 1. The van der Waals surface area contributed by atoms with Gasteiger partial charge >= 0.3 is 6.09 Å². The first-order chi connectivity index (χ1) is 13.2. The molecule has 2 aromatic rings. The molecule has 3 heterocycles. The van der Waals surface area contributed by atoms with E-state index in [1.807, 2.05) is 28.5 Å². The summed E-state index contributed by atoms with van der Waals surface area (Å²) in [6.07, 6.45) is 0.692. The van der Waals surface area contributed by atoms with Gasteiger partial charge in [0.25, 0.3) is 0 Å². The van der Waals surface area contributed by atoms with Gasteiger partial charge < -0.3 is 14.5 Å². The summed E-state index contributed by atoms with van der Waals surface area (Å²) < 4.78 is 5.50. The fraction of sp³-hybridized carbons (Fsp3) is 0.381. The Hall–Kier alpha value is -2.31. The molecule has 0 bridgehead atoms. The molecule has 5 nitrogen and oxygen atoms in total. The average molecular weight is 384 g/mol. The summed E-state index contributed by atoms with van der Waals surface area (Å²) in [6, 6.07) is 14.5. The Morgan fingerprint density at radius 1 is 1.15 bits per heavy atom. The summed E-state index contributed by atoms with van der Waals surface area (Å²) in [4.78, 5) is 20.2. The molecule has 0 atom stereocenters. The van der Waals surface area contributed by atoms with Crippen molar-refractivity contribution >= 4 is 17.4 Å². The number of nitrogens with zero attached hydrogens (tertiary/aromatic N) is 3. The highest BCUT2D eigenvalue weighted by molar-refractivity contribution is 7.09. The van der Waals surface area contributed by atoms with E-state index in [2.05, 4.69) is 41.1 Å². The molecule has 0 fully saturated rings. The maximum atomic E-state index is 12.5. The predicted molar refractivity (Wildman–Crippen MR) is 107 cm³/mol. The number of benzene rings is 1.